The van der Waals surface area contributed by atoms with Crippen LogP contribution in [-0.4, -0.2) is 56.8 Å². The van der Waals surface area contributed by atoms with Crippen molar-refractivity contribution in [1.82, 2.24) is 19.5 Å². The summed E-state index contributed by atoms with van der Waals surface area (Å²) in [6, 6.07) is 4.73. The fraction of sp³-hybridized carbons (Fsp3) is 0.350. The fourth-order valence-corrected chi connectivity index (χ4v) is 3.43. The number of morpholine rings is 1. The number of nitrogens with zero attached hydrogens (tertiary/aromatic N) is 4. The summed E-state index contributed by atoms with van der Waals surface area (Å²) in [4.78, 5) is 18.9. The number of ether oxygens (including phenoxy) is 1. The average molecular weight is 420 g/mol. The second kappa shape index (κ2) is 7.60. The SMILES string of the molecule is Cc1nc2c(C(=O)N3CCOCC3)cnn2c(O)c1Cc1ccc(C(F)(F)F)cc1. The highest BCUT2D eigenvalue weighted by atomic mass is 19.4. The van der Waals surface area contributed by atoms with Crippen LogP contribution in [0.3, 0.4) is 0 Å². The molecule has 1 N–H and O–H groups in total. The second-order valence-corrected chi connectivity index (χ2v) is 7.07. The third kappa shape index (κ3) is 3.70. The maximum Gasteiger partial charge on any atom is 0.416 e. The van der Waals surface area contributed by atoms with Crippen molar-refractivity contribution in [3.8, 4) is 5.88 Å². The molecule has 3 heterocycles. The minimum Gasteiger partial charge on any atom is -0.493 e. The van der Waals surface area contributed by atoms with E-state index in [1.165, 1.54) is 22.8 Å². The lowest BCUT2D eigenvalue weighted by atomic mass is 10.0. The Morgan fingerprint density at radius 3 is 2.50 bits per heavy atom. The molecule has 0 atom stereocenters. The van der Waals surface area contributed by atoms with Crippen molar-refractivity contribution < 1.29 is 27.8 Å². The first-order valence-electron chi connectivity index (χ1n) is 9.35. The molecule has 1 fully saturated rings. The van der Waals surface area contributed by atoms with Crippen LogP contribution < -0.4 is 0 Å². The van der Waals surface area contributed by atoms with Gasteiger partial charge in [-0.25, -0.2) is 4.98 Å². The van der Waals surface area contributed by atoms with E-state index in [1.807, 2.05) is 0 Å². The quantitative estimate of drug-likeness (QED) is 0.705. The molecule has 1 aliphatic heterocycles. The lowest BCUT2D eigenvalue weighted by molar-refractivity contribution is -0.137. The van der Waals surface area contributed by atoms with Gasteiger partial charge in [0.1, 0.15) is 5.56 Å². The maximum atomic E-state index is 12.8. The third-order valence-electron chi connectivity index (χ3n) is 5.12. The van der Waals surface area contributed by atoms with E-state index in [-0.39, 0.29) is 29.4 Å². The largest absolute Gasteiger partial charge is 0.493 e. The summed E-state index contributed by atoms with van der Waals surface area (Å²) in [5.41, 5.74) is 1.25. The Morgan fingerprint density at radius 1 is 1.20 bits per heavy atom. The van der Waals surface area contributed by atoms with Gasteiger partial charge in [0.15, 0.2) is 5.65 Å². The van der Waals surface area contributed by atoms with Crippen molar-refractivity contribution in [2.24, 2.45) is 0 Å². The van der Waals surface area contributed by atoms with E-state index in [2.05, 4.69) is 10.1 Å². The van der Waals surface area contributed by atoms with E-state index in [1.54, 1.807) is 11.8 Å². The molecule has 10 heteroatoms. The molecule has 0 saturated carbocycles. The number of aromatic hydroxyl groups is 1. The number of aromatic nitrogens is 3. The van der Waals surface area contributed by atoms with Gasteiger partial charge in [-0.3, -0.25) is 4.79 Å². The molecule has 0 bridgehead atoms. The topological polar surface area (TPSA) is 80.0 Å². The van der Waals surface area contributed by atoms with Crippen LogP contribution in [0.25, 0.3) is 5.65 Å². The monoisotopic (exact) mass is 420 g/mol. The highest BCUT2D eigenvalue weighted by molar-refractivity contribution is 5.99. The van der Waals surface area contributed by atoms with E-state index in [0.29, 0.717) is 43.1 Å². The Labute approximate surface area is 169 Å². The van der Waals surface area contributed by atoms with Gasteiger partial charge in [0, 0.05) is 30.8 Å². The molecule has 1 aliphatic rings. The number of hydrogen-bond acceptors (Lipinski definition) is 5. The van der Waals surface area contributed by atoms with Crippen LogP contribution in [0.15, 0.2) is 30.5 Å². The van der Waals surface area contributed by atoms with Gasteiger partial charge in [0.25, 0.3) is 5.91 Å². The molecule has 158 valence electrons. The number of carbonyl (C=O) groups excluding carboxylic acids is 1. The molecule has 2 aromatic heterocycles. The molecule has 1 amide bonds. The van der Waals surface area contributed by atoms with Gasteiger partial charge < -0.3 is 14.7 Å². The third-order valence-corrected chi connectivity index (χ3v) is 5.12. The molecule has 1 aromatic carbocycles. The van der Waals surface area contributed by atoms with E-state index < -0.39 is 11.7 Å². The van der Waals surface area contributed by atoms with Crippen molar-refractivity contribution in [2.45, 2.75) is 19.5 Å². The minimum atomic E-state index is -4.41. The normalized spacial score (nSPS) is 15.0. The summed E-state index contributed by atoms with van der Waals surface area (Å²) < 4.78 is 44.7. The first-order valence-corrected chi connectivity index (χ1v) is 9.35. The van der Waals surface area contributed by atoms with Crippen molar-refractivity contribution in [3.63, 3.8) is 0 Å². The number of benzene rings is 1. The van der Waals surface area contributed by atoms with Crippen molar-refractivity contribution >= 4 is 11.6 Å². The van der Waals surface area contributed by atoms with Gasteiger partial charge in [-0.1, -0.05) is 12.1 Å². The number of alkyl halides is 3. The molecule has 0 radical (unpaired) electrons. The van der Waals surface area contributed by atoms with Crippen LogP contribution in [-0.2, 0) is 17.3 Å². The Kier molecular flexibility index (Phi) is 5.10. The number of hydrogen-bond donors (Lipinski definition) is 1. The zero-order valence-electron chi connectivity index (χ0n) is 16.1. The number of fused-ring (bicyclic) bond motifs is 1. The Morgan fingerprint density at radius 2 is 1.87 bits per heavy atom. The summed E-state index contributed by atoms with van der Waals surface area (Å²) >= 11 is 0. The van der Waals surface area contributed by atoms with Gasteiger partial charge in [0.05, 0.1) is 25.0 Å². The Balaban J connectivity index is 1.65. The smallest absolute Gasteiger partial charge is 0.416 e. The van der Waals surface area contributed by atoms with Gasteiger partial charge in [-0.2, -0.15) is 22.8 Å². The Bertz CT molecular complexity index is 1090. The molecule has 4 rings (SSSR count). The van der Waals surface area contributed by atoms with E-state index in [4.69, 9.17) is 4.74 Å². The molecule has 0 unspecified atom stereocenters. The Hall–Kier alpha value is -3.14. The zero-order chi connectivity index (χ0) is 21.5. The molecular formula is C20H19F3N4O3. The van der Waals surface area contributed by atoms with Crippen LogP contribution in [0.5, 0.6) is 5.88 Å². The highest BCUT2D eigenvalue weighted by Crippen LogP contribution is 2.30. The lowest BCUT2D eigenvalue weighted by Crippen LogP contribution is -2.40. The van der Waals surface area contributed by atoms with Crippen LogP contribution in [0.4, 0.5) is 13.2 Å². The summed E-state index contributed by atoms with van der Waals surface area (Å²) in [6.45, 7) is 3.52. The summed E-state index contributed by atoms with van der Waals surface area (Å²) in [5.74, 6) is -0.437. The molecule has 30 heavy (non-hydrogen) atoms. The van der Waals surface area contributed by atoms with Crippen molar-refractivity contribution in [3.05, 3.63) is 58.4 Å². The van der Waals surface area contributed by atoms with E-state index in [9.17, 15) is 23.1 Å². The highest BCUT2D eigenvalue weighted by Gasteiger charge is 2.30. The number of carbonyl (C=O) groups is 1. The van der Waals surface area contributed by atoms with Gasteiger partial charge in [-0.05, 0) is 24.6 Å². The van der Waals surface area contributed by atoms with E-state index in [0.717, 1.165) is 12.1 Å². The first kappa shape index (κ1) is 20.1. The lowest BCUT2D eigenvalue weighted by Gasteiger charge is -2.26. The van der Waals surface area contributed by atoms with Gasteiger partial charge >= 0.3 is 6.18 Å². The summed E-state index contributed by atoms with van der Waals surface area (Å²) in [5, 5.41) is 14.8. The molecule has 1 saturated heterocycles. The molecule has 3 aromatic rings. The van der Waals surface area contributed by atoms with Crippen LogP contribution in [0.1, 0.15) is 32.7 Å². The number of halogens is 3. The average Bonchev–Trinajstić information content (AvgIpc) is 3.14. The number of amides is 1. The summed E-state index contributed by atoms with van der Waals surface area (Å²) in [6.07, 6.45) is -2.87. The summed E-state index contributed by atoms with van der Waals surface area (Å²) in [7, 11) is 0. The maximum absolute atomic E-state index is 12.8. The number of rotatable bonds is 3. The van der Waals surface area contributed by atoms with Crippen molar-refractivity contribution in [2.75, 3.05) is 26.3 Å². The van der Waals surface area contributed by atoms with Crippen LogP contribution in [0.2, 0.25) is 0 Å². The standard InChI is InChI=1S/C20H19F3N4O3/c1-12-15(10-13-2-4-14(5-3-13)20(21,22)23)19(29)27-17(25-12)16(11-24-27)18(28)26-6-8-30-9-7-26/h2-5,11,29H,6-10H2,1H3. The predicted molar refractivity (Wildman–Crippen MR) is 100 cm³/mol. The molecular weight excluding hydrogens is 401 g/mol. The zero-order valence-corrected chi connectivity index (χ0v) is 16.1. The molecule has 7 nitrogen and oxygen atoms in total. The van der Waals surface area contributed by atoms with Gasteiger partial charge in [-0.15, -0.1) is 0 Å². The van der Waals surface area contributed by atoms with E-state index >= 15 is 0 Å². The molecule has 0 aliphatic carbocycles. The second-order valence-electron chi connectivity index (χ2n) is 7.07. The van der Waals surface area contributed by atoms with Crippen molar-refractivity contribution in [1.29, 1.82) is 0 Å². The molecule has 0 spiro atoms. The predicted octanol–water partition coefficient (Wildman–Crippen LogP) is 2.83. The number of aryl methyl sites for hydroxylation is 1. The minimum absolute atomic E-state index is 0.172. The van der Waals surface area contributed by atoms with Crippen LogP contribution in [0, 0.1) is 6.92 Å². The fourth-order valence-electron chi connectivity index (χ4n) is 3.43. The van der Waals surface area contributed by atoms with Crippen LogP contribution >= 0.6 is 0 Å². The first-order chi connectivity index (χ1) is 14.3. The van der Waals surface area contributed by atoms with Gasteiger partial charge in [0.2, 0.25) is 5.88 Å².